The second kappa shape index (κ2) is 7.25. The van der Waals surface area contributed by atoms with E-state index in [1.54, 1.807) is 13.0 Å². The topological polar surface area (TPSA) is 49.8 Å². The molecule has 0 fully saturated rings. The number of benzene rings is 2. The van der Waals surface area contributed by atoms with Gasteiger partial charge in [0.05, 0.1) is 0 Å². The molecule has 2 N–H and O–H groups in total. The van der Waals surface area contributed by atoms with E-state index in [9.17, 15) is 8.78 Å². The van der Waals surface area contributed by atoms with E-state index in [-0.39, 0.29) is 17.7 Å². The van der Waals surface area contributed by atoms with Crippen molar-refractivity contribution >= 4 is 17.5 Å². The van der Waals surface area contributed by atoms with E-state index in [0.29, 0.717) is 11.5 Å². The van der Waals surface area contributed by atoms with Gasteiger partial charge in [0.2, 0.25) is 5.95 Å². The highest BCUT2D eigenvalue weighted by atomic mass is 19.1. The van der Waals surface area contributed by atoms with E-state index in [1.165, 1.54) is 18.2 Å². The van der Waals surface area contributed by atoms with Gasteiger partial charge in [-0.25, -0.2) is 13.8 Å². The zero-order valence-electron chi connectivity index (χ0n) is 13.9. The summed E-state index contributed by atoms with van der Waals surface area (Å²) in [5.41, 5.74) is 1.51. The van der Waals surface area contributed by atoms with Gasteiger partial charge in [0.15, 0.2) is 0 Å². The van der Waals surface area contributed by atoms with Crippen molar-refractivity contribution in [2.45, 2.75) is 19.9 Å². The van der Waals surface area contributed by atoms with Crippen LogP contribution < -0.4 is 10.6 Å². The second-order valence-corrected chi connectivity index (χ2v) is 5.72. The summed E-state index contributed by atoms with van der Waals surface area (Å²) in [6.07, 6.45) is 0. The van der Waals surface area contributed by atoms with Crippen LogP contribution in [0.15, 0.2) is 54.6 Å². The van der Waals surface area contributed by atoms with Crippen molar-refractivity contribution in [3.05, 3.63) is 77.5 Å². The molecule has 1 heterocycles. The van der Waals surface area contributed by atoms with Gasteiger partial charge in [-0.05, 0) is 31.5 Å². The highest BCUT2D eigenvalue weighted by Gasteiger charge is 2.12. The lowest BCUT2D eigenvalue weighted by atomic mass is 10.1. The number of rotatable bonds is 5. The van der Waals surface area contributed by atoms with Crippen LogP contribution in [0.3, 0.4) is 0 Å². The Balaban J connectivity index is 1.83. The molecule has 0 saturated carbocycles. The molecule has 6 heteroatoms. The summed E-state index contributed by atoms with van der Waals surface area (Å²) in [6.45, 7) is 3.80. The Kier molecular flexibility index (Phi) is 4.88. The van der Waals surface area contributed by atoms with Crippen LogP contribution in [0.2, 0.25) is 0 Å². The lowest BCUT2D eigenvalue weighted by Crippen LogP contribution is -2.10. The van der Waals surface area contributed by atoms with E-state index in [2.05, 4.69) is 20.6 Å². The Morgan fingerprint density at radius 2 is 1.60 bits per heavy atom. The van der Waals surface area contributed by atoms with E-state index >= 15 is 0 Å². The molecule has 0 aliphatic carbocycles. The number of hydrogen-bond donors (Lipinski definition) is 2. The Labute approximate surface area is 145 Å². The molecule has 25 heavy (non-hydrogen) atoms. The van der Waals surface area contributed by atoms with Gasteiger partial charge in [-0.1, -0.05) is 36.4 Å². The number of nitrogens with one attached hydrogen (secondary N) is 2. The summed E-state index contributed by atoms with van der Waals surface area (Å²) in [5, 5.41) is 5.90. The Bertz CT molecular complexity index is 848. The van der Waals surface area contributed by atoms with Crippen molar-refractivity contribution < 1.29 is 8.78 Å². The summed E-state index contributed by atoms with van der Waals surface area (Å²) >= 11 is 0. The number of nitrogens with zero attached hydrogens (tertiary/aromatic N) is 2. The SMILES string of the molecule is Cc1cc(NC(C)c2ccccc2)nc(Nc2c(F)cccc2F)n1. The molecule has 0 spiro atoms. The zero-order chi connectivity index (χ0) is 17.8. The highest BCUT2D eigenvalue weighted by Crippen LogP contribution is 2.23. The minimum Gasteiger partial charge on any atom is -0.363 e. The Morgan fingerprint density at radius 3 is 2.28 bits per heavy atom. The van der Waals surface area contributed by atoms with Crippen molar-refractivity contribution in [2.75, 3.05) is 10.6 Å². The van der Waals surface area contributed by atoms with E-state index < -0.39 is 11.6 Å². The monoisotopic (exact) mass is 340 g/mol. The molecule has 1 aromatic heterocycles. The molecule has 0 saturated heterocycles. The standard InChI is InChI=1S/C19H18F2N4/c1-12-11-17(23-13(2)14-7-4-3-5-8-14)24-19(22-12)25-18-15(20)9-6-10-16(18)21/h3-11,13H,1-2H3,(H2,22,23,24,25). The molecule has 3 rings (SSSR count). The smallest absolute Gasteiger partial charge is 0.229 e. The minimum atomic E-state index is -0.697. The average Bonchev–Trinajstić information content (AvgIpc) is 2.58. The molecule has 1 unspecified atom stereocenters. The summed E-state index contributed by atoms with van der Waals surface area (Å²) in [4.78, 5) is 8.51. The Morgan fingerprint density at radius 1 is 0.920 bits per heavy atom. The maximum atomic E-state index is 13.8. The van der Waals surface area contributed by atoms with E-state index in [0.717, 1.165) is 5.56 Å². The number of halogens is 2. The van der Waals surface area contributed by atoms with Gasteiger partial charge in [0, 0.05) is 17.8 Å². The molecule has 0 radical (unpaired) electrons. The molecule has 0 amide bonds. The molecule has 0 aliphatic heterocycles. The highest BCUT2D eigenvalue weighted by molar-refractivity contribution is 5.57. The fourth-order valence-electron chi connectivity index (χ4n) is 2.47. The molecule has 4 nitrogen and oxygen atoms in total. The van der Waals surface area contributed by atoms with Crippen LogP contribution in [0, 0.1) is 18.6 Å². The number of para-hydroxylation sites is 1. The minimum absolute atomic E-state index is 0.0218. The Hall–Kier alpha value is -3.02. The van der Waals surface area contributed by atoms with Crippen LogP contribution in [0.1, 0.15) is 24.2 Å². The van der Waals surface area contributed by atoms with Gasteiger partial charge in [0.1, 0.15) is 23.1 Å². The number of aryl methyl sites for hydroxylation is 1. The van der Waals surface area contributed by atoms with Gasteiger partial charge in [-0.2, -0.15) is 4.98 Å². The average molecular weight is 340 g/mol. The van der Waals surface area contributed by atoms with Crippen LogP contribution in [-0.2, 0) is 0 Å². The van der Waals surface area contributed by atoms with Crippen molar-refractivity contribution in [3.63, 3.8) is 0 Å². The van der Waals surface area contributed by atoms with Crippen molar-refractivity contribution in [3.8, 4) is 0 Å². The van der Waals surface area contributed by atoms with E-state index in [4.69, 9.17) is 0 Å². The third-order valence-electron chi connectivity index (χ3n) is 3.72. The predicted octanol–water partition coefficient (Wildman–Crippen LogP) is 4.98. The van der Waals surface area contributed by atoms with Crippen molar-refractivity contribution in [1.82, 2.24) is 9.97 Å². The first-order valence-electron chi connectivity index (χ1n) is 7.91. The first-order chi connectivity index (χ1) is 12.0. The van der Waals surface area contributed by atoms with Gasteiger partial charge in [0.25, 0.3) is 0 Å². The third kappa shape index (κ3) is 4.09. The molecule has 1 atom stereocenters. The normalized spacial score (nSPS) is 11.8. The molecule has 0 bridgehead atoms. The lowest BCUT2D eigenvalue weighted by Gasteiger charge is -2.16. The van der Waals surface area contributed by atoms with Crippen LogP contribution in [0.4, 0.5) is 26.2 Å². The van der Waals surface area contributed by atoms with Gasteiger partial charge in [-0.3, -0.25) is 0 Å². The summed E-state index contributed by atoms with van der Waals surface area (Å²) < 4.78 is 27.6. The molecular formula is C19H18F2N4. The molecular weight excluding hydrogens is 322 g/mol. The van der Waals surface area contributed by atoms with Crippen LogP contribution in [-0.4, -0.2) is 9.97 Å². The van der Waals surface area contributed by atoms with Gasteiger partial charge in [-0.15, -0.1) is 0 Å². The van der Waals surface area contributed by atoms with Crippen molar-refractivity contribution in [1.29, 1.82) is 0 Å². The summed E-state index contributed by atoms with van der Waals surface area (Å²) in [7, 11) is 0. The maximum Gasteiger partial charge on any atom is 0.229 e. The molecule has 128 valence electrons. The van der Waals surface area contributed by atoms with Crippen LogP contribution >= 0.6 is 0 Å². The maximum absolute atomic E-state index is 13.8. The fraction of sp³-hybridized carbons (Fsp3) is 0.158. The molecule has 2 aromatic carbocycles. The number of hydrogen-bond acceptors (Lipinski definition) is 4. The summed E-state index contributed by atoms with van der Waals surface area (Å²) in [6, 6.07) is 15.4. The number of anilines is 3. The van der Waals surface area contributed by atoms with E-state index in [1.807, 2.05) is 37.3 Å². The van der Waals surface area contributed by atoms with Crippen LogP contribution in [0.25, 0.3) is 0 Å². The fourth-order valence-corrected chi connectivity index (χ4v) is 2.47. The van der Waals surface area contributed by atoms with Crippen LogP contribution in [0.5, 0.6) is 0 Å². The quantitative estimate of drug-likeness (QED) is 0.688. The third-order valence-corrected chi connectivity index (χ3v) is 3.72. The van der Waals surface area contributed by atoms with Crippen molar-refractivity contribution in [2.24, 2.45) is 0 Å². The lowest BCUT2D eigenvalue weighted by molar-refractivity contribution is 0.590. The predicted molar refractivity (Wildman–Crippen MR) is 94.9 cm³/mol. The first-order valence-corrected chi connectivity index (χ1v) is 7.91. The largest absolute Gasteiger partial charge is 0.363 e. The summed E-state index contributed by atoms with van der Waals surface area (Å²) in [5.74, 6) is -0.690. The zero-order valence-corrected chi connectivity index (χ0v) is 13.9. The second-order valence-electron chi connectivity index (χ2n) is 5.72. The number of aromatic nitrogens is 2. The first kappa shape index (κ1) is 16.8. The molecule has 3 aromatic rings. The van der Waals surface area contributed by atoms with Gasteiger partial charge < -0.3 is 10.6 Å². The van der Waals surface area contributed by atoms with Gasteiger partial charge >= 0.3 is 0 Å². The molecule has 0 aliphatic rings.